The van der Waals surface area contributed by atoms with Gasteiger partial charge in [0.2, 0.25) is 5.95 Å². The quantitative estimate of drug-likeness (QED) is 0.820. The van der Waals surface area contributed by atoms with E-state index in [9.17, 15) is 4.39 Å². The Morgan fingerprint density at radius 2 is 1.62 bits per heavy atom. The molecule has 0 atom stereocenters. The molecule has 8 heteroatoms. The van der Waals surface area contributed by atoms with Crippen LogP contribution in [0.2, 0.25) is 5.02 Å². The first-order valence-corrected chi connectivity index (χ1v) is 9.47. The molecule has 2 saturated heterocycles. The van der Waals surface area contributed by atoms with Crippen LogP contribution >= 0.6 is 11.6 Å². The zero-order valence-electron chi connectivity index (χ0n) is 14.6. The van der Waals surface area contributed by atoms with Crippen LogP contribution in [0.5, 0.6) is 0 Å². The summed E-state index contributed by atoms with van der Waals surface area (Å²) in [6.07, 6.45) is 7.01. The topological polar surface area (TPSA) is 48.4 Å². The highest BCUT2D eigenvalue weighted by Gasteiger charge is 2.22. The third-order valence-corrected chi connectivity index (χ3v) is 5.17. The molecule has 0 unspecified atom stereocenters. The number of halogens is 2. The van der Waals surface area contributed by atoms with Gasteiger partial charge in [-0.1, -0.05) is 11.6 Å². The fraction of sp³-hybridized carbons (Fsp3) is 0.500. The van der Waals surface area contributed by atoms with Gasteiger partial charge in [-0.2, -0.15) is 4.98 Å². The zero-order chi connectivity index (χ0) is 17.9. The Balaban J connectivity index is 1.43. The molecule has 2 fully saturated rings. The smallest absolute Gasteiger partial charge is 0.227 e. The number of piperazine rings is 1. The zero-order valence-corrected chi connectivity index (χ0v) is 15.4. The number of hydrogen-bond donors (Lipinski definition) is 0. The van der Waals surface area contributed by atoms with Crippen molar-refractivity contribution in [1.82, 2.24) is 15.0 Å². The summed E-state index contributed by atoms with van der Waals surface area (Å²) in [4.78, 5) is 19.8. The van der Waals surface area contributed by atoms with E-state index < -0.39 is 0 Å². The van der Waals surface area contributed by atoms with Crippen molar-refractivity contribution in [1.29, 1.82) is 0 Å². The van der Waals surface area contributed by atoms with Gasteiger partial charge in [-0.15, -0.1) is 0 Å². The van der Waals surface area contributed by atoms with Crippen LogP contribution in [0, 0.1) is 5.82 Å². The lowest BCUT2D eigenvalue weighted by molar-refractivity contribution is 0.566. The molecule has 2 aromatic rings. The summed E-state index contributed by atoms with van der Waals surface area (Å²) in [5.74, 6) is 1.74. The molecule has 0 spiro atoms. The highest BCUT2D eigenvalue weighted by atomic mass is 35.5. The third kappa shape index (κ3) is 3.67. The molecule has 0 N–H and O–H groups in total. The summed E-state index contributed by atoms with van der Waals surface area (Å²) >= 11 is 5.79. The molecule has 0 bridgehead atoms. The fourth-order valence-electron chi connectivity index (χ4n) is 3.55. The van der Waals surface area contributed by atoms with E-state index in [-0.39, 0.29) is 5.82 Å². The van der Waals surface area contributed by atoms with E-state index in [0.717, 1.165) is 37.9 Å². The van der Waals surface area contributed by atoms with E-state index in [4.69, 9.17) is 16.6 Å². The molecular weight excluding hydrogens is 355 g/mol. The Morgan fingerprint density at radius 3 is 2.35 bits per heavy atom. The Bertz CT molecular complexity index is 759. The molecule has 0 radical (unpaired) electrons. The number of rotatable bonds is 3. The highest BCUT2D eigenvalue weighted by molar-refractivity contribution is 6.30. The highest BCUT2D eigenvalue weighted by Crippen LogP contribution is 2.23. The predicted octanol–water partition coefficient (Wildman–Crippen LogP) is 2.98. The van der Waals surface area contributed by atoms with E-state index in [0.29, 0.717) is 23.9 Å². The lowest BCUT2D eigenvalue weighted by Gasteiger charge is -2.36. The van der Waals surface area contributed by atoms with Crippen LogP contribution in [-0.4, -0.2) is 54.2 Å². The maximum absolute atomic E-state index is 14.1. The molecule has 0 amide bonds. The Hall–Kier alpha value is -2.15. The normalized spacial score (nSPS) is 18.3. The number of aromatic nitrogens is 3. The van der Waals surface area contributed by atoms with Gasteiger partial charge in [-0.3, -0.25) is 0 Å². The number of pyridine rings is 1. The standard InChI is InChI=1S/C18H22ClFN6/c19-14-12-15(20)17(22-13-14)25-10-8-24(9-11-25)16-4-5-21-18(23-16)26-6-2-1-3-7-26/h4-5,12-13H,1-3,6-11H2. The maximum atomic E-state index is 14.1. The molecule has 4 rings (SSSR count). The van der Waals surface area contributed by atoms with Gasteiger partial charge in [0.25, 0.3) is 0 Å². The first kappa shape index (κ1) is 17.3. The molecular formula is C18H22ClFN6. The van der Waals surface area contributed by atoms with Gasteiger partial charge in [0.15, 0.2) is 11.6 Å². The van der Waals surface area contributed by atoms with Gasteiger partial charge in [0, 0.05) is 51.7 Å². The van der Waals surface area contributed by atoms with Crippen molar-refractivity contribution in [3.05, 3.63) is 35.4 Å². The summed E-state index contributed by atoms with van der Waals surface area (Å²) in [5.41, 5.74) is 0. The lowest BCUT2D eigenvalue weighted by Crippen LogP contribution is -2.47. The average molecular weight is 377 g/mol. The van der Waals surface area contributed by atoms with Crippen molar-refractivity contribution in [2.24, 2.45) is 0 Å². The molecule has 26 heavy (non-hydrogen) atoms. The minimum Gasteiger partial charge on any atom is -0.353 e. The SMILES string of the molecule is Fc1cc(Cl)cnc1N1CCN(c2ccnc(N3CCCCC3)n2)CC1. The number of hydrogen-bond acceptors (Lipinski definition) is 6. The second kappa shape index (κ2) is 7.61. The van der Waals surface area contributed by atoms with Crippen molar-refractivity contribution in [2.75, 3.05) is 54.0 Å². The molecule has 4 heterocycles. The third-order valence-electron chi connectivity index (χ3n) is 4.96. The van der Waals surface area contributed by atoms with Gasteiger partial charge >= 0.3 is 0 Å². The van der Waals surface area contributed by atoms with E-state index in [1.54, 1.807) is 0 Å². The molecule has 138 valence electrons. The van der Waals surface area contributed by atoms with Crippen molar-refractivity contribution < 1.29 is 4.39 Å². The van der Waals surface area contributed by atoms with Gasteiger partial charge in [0.05, 0.1) is 5.02 Å². The molecule has 2 aromatic heterocycles. The fourth-order valence-corrected chi connectivity index (χ4v) is 3.69. The summed E-state index contributed by atoms with van der Waals surface area (Å²) < 4.78 is 14.1. The summed E-state index contributed by atoms with van der Waals surface area (Å²) in [7, 11) is 0. The van der Waals surface area contributed by atoms with Gasteiger partial charge < -0.3 is 14.7 Å². The molecule has 0 aromatic carbocycles. The molecule has 0 saturated carbocycles. The first-order valence-electron chi connectivity index (χ1n) is 9.10. The summed E-state index contributed by atoms with van der Waals surface area (Å²) in [6, 6.07) is 3.26. The Labute approximate surface area is 157 Å². The summed E-state index contributed by atoms with van der Waals surface area (Å²) in [6.45, 7) is 4.96. The lowest BCUT2D eigenvalue weighted by atomic mass is 10.1. The van der Waals surface area contributed by atoms with Crippen LogP contribution in [0.4, 0.5) is 22.0 Å². The minimum atomic E-state index is -0.375. The second-order valence-corrected chi connectivity index (χ2v) is 7.13. The van der Waals surface area contributed by atoms with E-state index in [2.05, 4.69) is 19.8 Å². The minimum absolute atomic E-state index is 0.316. The first-order chi connectivity index (χ1) is 12.7. The molecule has 2 aliphatic heterocycles. The van der Waals surface area contributed by atoms with E-state index in [1.165, 1.54) is 31.5 Å². The van der Waals surface area contributed by atoms with Gasteiger partial charge in [-0.25, -0.2) is 14.4 Å². The van der Waals surface area contributed by atoms with E-state index >= 15 is 0 Å². The van der Waals surface area contributed by atoms with Crippen LogP contribution in [0.3, 0.4) is 0 Å². The van der Waals surface area contributed by atoms with Crippen LogP contribution in [0.1, 0.15) is 19.3 Å². The number of nitrogens with zero attached hydrogens (tertiary/aromatic N) is 6. The Morgan fingerprint density at radius 1 is 0.885 bits per heavy atom. The van der Waals surface area contributed by atoms with Crippen molar-refractivity contribution in [3.8, 4) is 0 Å². The number of anilines is 3. The predicted molar refractivity (Wildman–Crippen MR) is 102 cm³/mol. The summed E-state index contributed by atoms with van der Waals surface area (Å²) in [5, 5.41) is 0.316. The molecule has 2 aliphatic rings. The molecule has 0 aliphatic carbocycles. The van der Waals surface area contributed by atoms with Crippen LogP contribution in [0.25, 0.3) is 0 Å². The average Bonchev–Trinajstić information content (AvgIpc) is 2.69. The maximum Gasteiger partial charge on any atom is 0.227 e. The van der Waals surface area contributed by atoms with Crippen molar-refractivity contribution >= 4 is 29.2 Å². The van der Waals surface area contributed by atoms with Crippen molar-refractivity contribution in [2.45, 2.75) is 19.3 Å². The monoisotopic (exact) mass is 376 g/mol. The number of piperidine rings is 1. The molecule has 6 nitrogen and oxygen atoms in total. The van der Waals surface area contributed by atoms with Gasteiger partial charge in [-0.05, 0) is 31.4 Å². The van der Waals surface area contributed by atoms with Crippen molar-refractivity contribution in [3.63, 3.8) is 0 Å². The van der Waals surface area contributed by atoms with Crippen LogP contribution in [0.15, 0.2) is 24.5 Å². The van der Waals surface area contributed by atoms with E-state index in [1.807, 2.05) is 17.2 Å². The Kier molecular flexibility index (Phi) is 5.06. The van der Waals surface area contributed by atoms with Gasteiger partial charge in [0.1, 0.15) is 5.82 Å². The largest absolute Gasteiger partial charge is 0.353 e. The van der Waals surface area contributed by atoms with Crippen LogP contribution in [-0.2, 0) is 0 Å². The van der Waals surface area contributed by atoms with Crippen LogP contribution < -0.4 is 14.7 Å². The second-order valence-electron chi connectivity index (χ2n) is 6.70.